The van der Waals surface area contributed by atoms with Gasteiger partial charge in [0.2, 0.25) is 10.0 Å². The number of nitrogens with two attached hydrogens (primary N) is 1. The quantitative estimate of drug-likeness (QED) is 0.675. The van der Waals surface area contributed by atoms with Crippen molar-refractivity contribution in [2.24, 2.45) is 17.1 Å². The molecule has 0 amide bonds. The summed E-state index contributed by atoms with van der Waals surface area (Å²) in [7, 11) is -3.09. The van der Waals surface area contributed by atoms with Crippen molar-refractivity contribution in [3.05, 3.63) is 0 Å². The van der Waals surface area contributed by atoms with Crippen LogP contribution in [0.5, 0.6) is 0 Å². The van der Waals surface area contributed by atoms with E-state index in [1.54, 1.807) is 0 Å². The van der Waals surface area contributed by atoms with Crippen molar-refractivity contribution < 1.29 is 8.42 Å². The Morgan fingerprint density at radius 3 is 2.25 bits per heavy atom. The van der Waals surface area contributed by atoms with Crippen LogP contribution < -0.4 is 10.5 Å². The average Bonchev–Trinajstić information content (AvgIpc) is 3.04. The molecule has 3 N–H and O–H groups in total. The van der Waals surface area contributed by atoms with Crippen LogP contribution in [-0.2, 0) is 10.0 Å². The summed E-state index contributed by atoms with van der Waals surface area (Å²) in [4.78, 5) is 0. The van der Waals surface area contributed by atoms with E-state index < -0.39 is 10.0 Å². The highest BCUT2D eigenvalue weighted by Gasteiger charge is 2.30. The van der Waals surface area contributed by atoms with Gasteiger partial charge in [-0.3, -0.25) is 0 Å². The van der Waals surface area contributed by atoms with Crippen LogP contribution in [0.2, 0.25) is 0 Å². The van der Waals surface area contributed by atoms with Crippen molar-refractivity contribution in [2.75, 3.05) is 18.8 Å². The zero-order valence-corrected chi connectivity index (χ0v) is 11.1. The van der Waals surface area contributed by atoms with Gasteiger partial charge in [-0.25, -0.2) is 13.1 Å². The molecule has 0 aromatic heterocycles. The van der Waals surface area contributed by atoms with E-state index in [1.165, 1.54) is 0 Å². The molecule has 96 valence electrons. The van der Waals surface area contributed by atoms with Gasteiger partial charge in [0.05, 0.1) is 5.75 Å². The zero-order chi connectivity index (χ0) is 12.2. The Balaban J connectivity index is 2.46. The summed E-state index contributed by atoms with van der Waals surface area (Å²) in [5.74, 6) is 0.689. The lowest BCUT2D eigenvalue weighted by molar-refractivity contribution is 0.275. The van der Waals surface area contributed by atoms with E-state index in [1.807, 2.05) is 0 Å². The van der Waals surface area contributed by atoms with Gasteiger partial charge < -0.3 is 5.73 Å². The Morgan fingerprint density at radius 2 is 1.88 bits per heavy atom. The van der Waals surface area contributed by atoms with Gasteiger partial charge in [0, 0.05) is 6.54 Å². The molecule has 0 radical (unpaired) electrons. The molecular formula is C11H24N2O2S. The lowest BCUT2D eigenvalue weighted by atomic mass is 9.83. The Bertz CT molecular complexity index is 298. The first-order valence-electron chi connectivity index (χ1n) is 6.14. The van der Waals surface area contributed by atoms with Gasteiger partial charge in [-0.05, 0) is 43.6 Å². The Hall–Kier alpha value is -0.130. The van der Waals surface area contributed by atoms with E-state index in [-0.39, 0.29) is 5.41 Å². The lowest BCUT2D eigenvalue weighted by Crippen LogP contribution is -2.42. The predicted octanol–water partition coefficient (Wildman–Crippen LogP) is 1.08. The second kappa shape index (κ2) is 5.47. The zero-order valence-electron chi connectivity index (χ0n) is 10.3. The molecule has 0 spiro atoms. The molecule has 0 unspecified atom stereocenters. The number of hydrogen-bond acceptors (Lipinski definition) is 3. The van der Waals surface area contributed by atoms with Crippen LogP contribution in [-0.4, -0.2) is 27.3 Å². The molecule has 0 aromatic rings. The van der Waals surface area contributed by atoms with E-state index in [4.69, 9.17) is 5.73 Å². The monoisotopic (exact) mass is 248 g/mol. The Kier molecular flexibility index (Phi) is 4.76. The molecule has 1 saturated carbocycles. The molecule has 0 aliphatic heterocycles. The SMILES string of the molecule is CCC(CC)(CN)CNS(=O)(=O)CC1CC1. The third kappa shape index (κ3) is 4.03. The summed E-state index contributed by atoms with van der Waals surface area (Å²) in [6.07, 6.45) is 3.94. The number of hydrogen-bond donors (Lipinski definition) is 2. The van der Waals surface area contributed by atoms with Crippen molar-refractivity contribution in [1.82, 2.24) is 4.72 Å². The highest BCUT2D eigenvalue weighted by Crippen LogP contribution is 2.30. The molecule has 0 atom stereocenters. The topological polar surface area (TPSA) is 72.2 Å². The molecule has 0 heterocycles. The van der Waals surface area contributed by atoms with E-state index in [2.05, 4.69) is 18.6 Å². The summed E-state index contributed by atoms with van der Waals surface area (Å²) >= 11 is 0. The van der Waals surface area contributed by atoms with Crippen LogP contribution in [0, 0.1) is 11.3 Å². The molecule has 0 aromatic carbocycles. The second-order valence-electron chi connectivity index (χ2n) is 4.96. The maximum atomic E-state index is 11.7. The maximum Gasteiger partial charge on any atom is 0.211 e. The summed E-state index contributed by atoms with van der Waals surface area (Å²) < 4.78 is 26.2. The van der Waals surface area contributed by atoms with Crippen molar-refractivity contribution in [1.29, 1.82) is 0 Å². The van der Waals surface area contributed by atoms with Crippen LogP contribution >= 0.6 is 0 Å². The van der Waals surface area contributed by atoms with Gasteiger partial charge in [0.15, 0.2) is 0 Å². The third-order valence-corrected chi connectivity index (χ3v) is 5.25. The minimum absolute atomic E-state index is 0.0728. The minimum atomic E-state index is -3.09. The normalized spacial score (nSPS) is 17.7. The first kappa shape index (κ1) is 13.9. The van der Waals surface area contributed by atoms with Crippen molar-refractivity contribution in [3.8, 4) is 0 Å². The largest absolute Gasteiger partial charge is 0.330 e. The molecule has 4 nitrogen and oxygen atoms in total. The molecule has 1 rings (SSSR count). The van der Waals surface area contributed by atoms with Gasteiger partial charge in [-0.1, -0.05) is 13.8 Å². The summed E-state index contributed by atoms with van der Waals surface area (Å²) in [6, 6.07) is 0. The fourth-order valence-corrected chi connectivity index (χ4v) is 3.38. The maximum absolute atomic E-state index is 11.7. The van der Waals surface area contributed by atoms with E-state index in [0.717, 1.165) is 25.7 Å². The average molecular weight is 248 g/mol. The van der Waals surface area contributed by atoms with Crippen LogP contribution in [0.4, 0.5) is 0 Å². The minimum Gasteiger partial charge on any atom is -0.330 e. The summed E-state index contributed by atoms with van der Waals surface area (Å²) in [5, 5.41) is 0. The molecule has 5 heteroatoms. The van der Waals surface area contributed by atoms with Gasteiger partial charge in [-0.2, -0.15) is 0 Å². The van der Waals surface area contributed by atoms with Crippen LogP contribution in [0.1, 0.15) is 39.5 Å². The highest BCUT2D eigenvalue weighted by molar-refractivity contribution is 7.89. The Labute approximate surface area is 99.0 Å². The van der Waals surface area contributed by atoms with Gasteiger partial charge >= 0.3 is 0 Å². The van der Waals surface area contributed by atoms with Gasteiger partial charge in [0.1, 0.15) is 0 Å². The molecule has 1 aliphatic carbocycles. The standard InChI is InChI=1S/C11H24N2O2S/c1-3-11(4-2,8-12)9-13-16(14,15)7-10-5-6-10/h10,13H,3-9,12H2,1-2H3. The number of sulfonamides is 1. The number of nitrogens with one attached hydrogen (secondary N) is 1. The summed E-state index contributed by atoms with van der Waals surface area (Å²) in [6.45, 7) is 5.13. The first-order chi connectivity index (χ1) is 7.47. The molecular weight excluding hydrogens is 224 g/mol. The number of rotatable bonds is 8. The fourth-order valence-electron chi connectivity index (χ4n) is 1.78. The van der Waals surface area contributed by atoms with Crippen LogP contribution in [0.25, 0.3) is 0 Å². The smallest absolute Gasteiger partial charge is 0.211 e. The highest BCUT2D eigenvalue weighted by atomic mass is 32.2. The van der Waals surface area contributed by atoms with Crippen molar-refractivity contribution in [2.45, 2.75) is 39.5 Å². The van der Waals surface area contributed by atoms with Crippen LogP contribution in [0.15, 0.2) is 0 Å². The molecule has 0 bridgehead atoms. The lowest BCUT2D eigenvalue weighted by Gasteiger charge is -2.30. The second-order valence-corrected chi connectivity index (χ2v) is 6.81. The van der Waals surface area contributed by atoms with E-state index in [9.17, 15) is 8.42 Å². The van der Waals surface area contributed by atoms with Crippen molar-refractivity contribution >= 4 is 10.0 Å². The molecule has 16 heavy (non-hydrogen) atoms. The van der Waals surface area contributed by atoms with E-state index >= 15 is 0 Å². The Morgan fingerprint density at radius 1 is 1.31 bits per heavy atom. The van der Waals surface area contributed by atoms with Crippen LogP contribution in [0.3, 0.4) is 0 Å². The predicted molar refractivity (Wildman–Crippen MR) is 66.6 cm³/mol. The first-order valence-corrected chi connectivity index (χ1v) is 7.79. The van der Waals surface area contributed by atoms with Gasteiger partial charge in [-0.15, -0.1) is 0 Å². The molecule has 0 saturated heterocycles. The van der Waals surface area contributed by atoms with Gasteiger partial charge in [0.25, 0.3) is 0 Å². The third-order valence-electron chi connectivity index (χ3n) is 3.75. The van der Waals surface area contributed by atoms with Crippen molar-refractivity contribution in [3.63, 3.8) is 0 Å². The fraction of sp³-hybridized carbons (Fsp3) is 1.00. The van der Waals surface area contributed by atoms with E-state index in [0.29, 0.717) is 24.8 Å². The summed E-state index contributed by atoms with van der Waals surface area (Å²) in [5.41, 5.74) is 5.66. The molecule has 1 aliphatic rings. The molecule has 1 fully saturated rings.